The van der Waals surface area contributed by atoms with Crippen molar-refractivity contribution in [2.75, 3.05) is 0 Å². The SMILES string of the molecule is C=C/C(C=N)=C\C(C)=C/C. The lowest BCUT2D eigenvalue weighted by atomic mass is 10.2. The molecular weight excluding hydrogens is 122 g/mol. The topological polar surface area (TPSA) is 23.9 Å². The first-order chi connectivity index (χ1) is 4.74. The average Bonchev–Trinajstić information content (AvgIpc) is 1.99. The summed E-state index contributed by atoms with van der Waals surface area (Å²) in [6.07, 6.45) is 6.87. The number of allylic oxidation sites excluding steroid dienone is 5. The number of nitrogens with one attached hydrogen (secondary N) is 1. The normalized spacial score (nSPS) is 13.0. The molecule has 0 aromatic heterocycles. The van der Waals surface area contributed by atoms with Crippen LogP contribution in [0.25, 0.3) is 0 Å². The predicted molar refractivity (Wildman–Crippen MR) is 46.5 cm³/mol. The van der Waals surface area contributed by atoms with Crippen molar-refractivity contribution in [3.8, 4) is 0 Å². The molecule has 0 saturated carbocycles. The summed E-state index contributed by atoms with van der Waals surface area (Å²) >= 11 is 0. The molecule has 1 nitrogen and oxygen atoms in total. The Bertz CT molecular complexity index is 175. The van der Waals surface area contributed by atoms with Crippen molar-refractivity contribution in [1.29, 1.82) is 5.41 Å². The van der Waals surface area contributed by atoms with Crippen LogP contribution >= 0.6 is 0 Å². The quantitative estimate of drug-likeness (QED) is 0.454. The smallest absolute Gasteiger partial charge is 0.0250 e. The van der Waals surface area contributed by atoms with E-state index >= 15 is 0 Å². The zero-order valence-corrected chi connectivity index (χ0v) is 6.52. The summed E-state index contributed by atoms with van der Waals surface area (Å²) in [5.41, 5.74) is 1.99. The van der Waals surface area contributed by atoms with Gasteiger partial charge in [-0.1, -0.05) is 30.4 Å². The minimum Gasteiger partial charge on any atom is -0.308 e. The third kappa shape index (κ3) is 3.02. The fourth-order valence-electron chi connectivity index (χ4n) is 0.506. The highest BCUT2D eigenvalue weighted by atomic mass is 14.3. The molecule has 0 spiro atoms. The first-order valence-electron chi connectivity index (χ1n) is 3.22. The van der Waals surface area contributed by atoms with E-state index < -0.39 is 0 Å². The first-order valence-corrected chi connectivity index (χ1v) is 3.22. The van der Waals surface area contributed by atoms with Gasteiger partial charge in [-0.05, 0) is 19.4 Å². The lowest BCUT2D eigenvalue weighted by Gasteiger charge is -1.91. The van der Waals surface area contributed by atoms with Crippen molar-refractivity contribution >= 4 is 6.21 Å². The standard InChI is InChI=1S/C9H13N/c1-4-8(3)6-9(5-2)7-10/h4-7,10H,2H2,1,3H3/b8-4-,9-6+,10-7?. The summed E-state index contributed by atoms with van der Waals surface area (Å²) < 4.78 is 0. The lowest BCUT2D eigenvalue weighted by Crippen LogP contribution is -1.77. The fraction of sp³-hybridized carbons (Fsp3) is 0.222. The van der Waals surface area contributed by atoms with Crippen LogP contribution < -0.4 is 0 Å². The van der Waals surface area contributed by atoms with Crippen molar-refractivity contribution in [2.24, 2.45) is 0 Å². The van der Waals surface area contributed by atoms with E-state index in [9.17, 15) is 0 Å². The van der Waals surface area contributed by atoms with Gasteiger partial charge in [0.15, 0.2) is 0 Å². The summed E-state index contributed by atoms with van der Waals surface area (Å²) in [6.45, 7) is 7.53. The molecule has 0 fully saturated rings. The molecule has 1 heteroatoms. The Kier molecular flexibility index (Phi) is 4.21. The van der Waals surface area contributed by atoms with Gasteiger partial charge in [0, 0.05) is 6.21 Å². The number of rotatable bonds is 3. The molecule has 0 amide bonds. The molecular formula is C9H13N. The molecule has 0 unspecified atom stereocenters. The maximum atomic E-state index is 6.94. The molecule has 54 valence electrons. The van der Waals surface area contributed by atoms with E-state index in [2.05, 4.69) is 6.58 Å². The van der Waals surface area contributed by atoms with E-state index in [0.717, 1.165) is 11.1 Å². The average molecular weight is 135 g/mol. The number of hydrogen-bond acceptors (Lipinski definition) is 1. The fourth-order valence-corrected chi connectivity index (χ4v) is 0.506. The Morgan fingerprint density at radius 2 is 2.10 bits per heavy atom. The van der Waals surface area contributed by atoms with Gasteiger partial charge < -0.3 is 5.41 Å². The second-order valence-corrected chi connectivity index (χ2v) is 2.03. The van der Waals surface area contributed by atoms with Gasteiger partial charge in [0.2, 0.25) is 0 Å². The Morgan fingerprint density at radius 1 is 1.50 bits per heavy atom. The van der Waals surface area contributed by atoms with Crippen molar-refractivity contribution in [3.63, 3.8) is 0 Å². The van der Waals surface area contributed by atoms with Crippen LogP contribution in [0.5, 0.6) is 0 Å². The molecule has 0 atom stereocenters. The second-order valence-electron chi connectivity index (χ2n) is 2.03. The van der Waals surface area contributed by atoms with Gasteiger partial charge in [0.25, 0.3) is 0 Å². The van der Waals surface area contributed by atoms with Crippen LogP contribution in [0.1, 0.15) is 13.8 Å². The maximum Gasteiger partial charge on any atom is 0.0250 e. The molecule has 0 aliphatic heterocycles. The van der Waals surface area contributed by atoms with Crippen molar-refractivity contribution in [1.82, 2.24) is 0 Å². The summed E-state index contributed by atoms with van der Waals surface area (Å²) in [5, 5.41) is 6.94. The van der Waals surface area contributed by atoms with Crippen molar-refractivity contribution in [2.45, 2.75) is 13.8 Å². The van der Waals surface area contributed by atoms with Crippen molar-refractivity contribution < 1.29 is 0 Å². The molecule has 0 saturated heterocycles. The first kappa shape index (κ1) is 8.89. The van der Waals surface area contributed by atoms with E-state index in [0.29, 0.717) is 0 Å². The Hall–Kier alpha value is -1.11. The third-order valence-electron chi connectivity index (χ3n) is 1.25. The highest BCUT2D eigenvalue weighted by Gasteiger charge is 1.83. The molecule has 0 bridgehead atoms. The van der Waals surface area contributed by atoms with Crippen LogP contribution in [0.4, 0.5) is 0 Å². The van der Waals surface area contributed by atoms with Gasteiger partial charge in [-0.2, -0.15) is 0 Å². The van der Waals surface area contributed by atoms with Gasteiger partial charge in [-0.15, -0.1) is 0 Å². The monoisotopic (exact) mass is 135 g/mol. The van der Waals surface area contributed by atoms with Crippen LogP contribution in [0, 0.1) is 5.41 Å². The molecule has 0 aliphatic carbocycles. The van der Waals surface area contributed by atoms with Gasteiger partial charge in [-0.3, -0.25) is 0 Å². The lowest BCUT2D eigenvalue weighted by molar-refractivity contribution is 1.46. The van der Waals surface area contributed by atoms with Gasteiger partial charge in [0.05, 0.1) is 0 Å². The molecule has 0 heterocycles. The highest BCUT2D eigenvalue weighted by Crippen LogP contribution is 1.99. The van der Waals surface area contributed by atoms with E-state index in [1.54, 1.807) is 6.08 Å². The molecule has 1 N–H and O–H groups in total. The highest BCUT2D eigenvalue weighted by molar-refractivity contribution is 5.80. The van der Waals surface area contributed by atoms with Crippen LogP contribution in [0.3, 0.4) is 0 Å². The largest absolute Gasteiger partial charge is 0.308 e. The molecule has 10 heavy (non-hydrogen) atoms. The van der Waals surface area contributed by atoms with Crippen molar-refractivity contribution in [3.05, 3.63) is 36.0 Å². The Labute approximate surface area is 62.3 Å². The summed E-state index contributed by atoms with van der Waals surface area (Å²) in [4.78, 5) is 0. The van der Waals surface area contributed by atoms with Gasteiger partial charge in [0.1, 0.15) is 0 Å². The summed E-state index contributed by atoms with van der Waals surface area (Å²) in [6, 6.07) is 0. The third-order valence-corrected chi connectivity index (χ3v) is 1.25. The molecule has 0 rings (SSSR count). The molecule has 0 aromatic rings. The van der Waals surface area contributed by atoms with E-state index in [-0.39, 0.29) is 0 Å². The molecule has 0 aliphatic rings. The van der Waals surface area contributed by atoms with E-state index in [1.165, 1.54) is 6.21 Å². The van der Waals surface area contributed by atoms with Gasteiger partial charge >= 0.3 is 0 Å². The maximum absolute atomic E-state index is 6.94. The summed E-state index contributed by atoms with van der Waals surface area (Å²) in [7, 11) is 0. The Morgan fingerprint density at radius 3 is 2.40 bits per heavy atom. The minimum absolute atomic E-state index is 0.843. The Balaban J connectivity index is 4.39. The van der Waals surface area contributed by atoms with Crippen LogP contribution in [-0.2, 0) is 0 Å². The van der Waals surface area contributed by atoms with Crippen LogP contribution in [0.2, 0.25) is 0 Å². The molecule has 0 aromatic carbocycles. The van der Waals surface area contributed by atoms with E-state index in [4.69, 9.17) is 5.41 Å². The molecule has 0 radical (unpaired) electrons. The van der Waals surface area contributed by atoms with Gasteiger partial charge in [-0.25, -0.2) is 0 Å². The predicted octanol–water partition coefficient (Wildman–Crippen LogP) is 2.71. The number of hydrogen-bond donors (Lipinski definition) is 1. The summed E-state index contributed by atoms with van der Waals surface area (Å²) in [5.74, 6) is 0. The second kappa shape index (κ2) is 4.74. The van der Waals surface area contributed by atoms with E-state index in [1.807, 2.05) is 26.0 Å². The van der Waals surface area contributed by atoms with Crippen LogP contribution in [0.15, 0.2) is 36.0 Å². The zero-order valence-electron chi connectivity index (χ0n) is 6.52. The minimum atomic E-state index is 0.843. The van der Waals surface area contributed by atoms with Crippen LogP contribution in [-0.4, -0.2) is 6.21 Å². The zero-order chi connectivity index (χ0) is 7.98.